The highest BCUT2D eigenvalue weighted by Gasteiger charge is 2.29. The van der Waals surface area contributed by atoms with Crippen molar-refractivity contribution in [3.05, 3.63) is 174 Å². The summed E-state index contributed by atoms with van der Waals surface area (Å²) in [7, 11) is 0. The minimum Gasteiger partial charge on any atom is -0.341 e. The van der Waals surface area contributed by atoms with Gasteiger partial charge in [-0.3, -0.25) is 0 Å². The first-order chi connectivity index (χ1) is 23.2. The molecule has 3 aliphatic rings. The number of allylic oxidation sites excluding steroid dienone is 4. The quantitative estimate of drug-likeness (QED) is 0.169. The fourth-order valence-corrected chi connectivity index (χ4v) is 7.75. The van der Waals surface area contributed by atoms with Gasteiger partial charge in [0.25, 0.3) is 0 Å². The van der Waals surface area contributed by atoms with E-state index in [1.807, 2.05) is 0 Å². The van der Waals surface area contributed by atoms with Gasteiger partial charge in [0.1, 0.15) is 0 Å². The lowest BCUT2D eigenvalue weighted by atomic mass is 9.86. The number of fused-ring (bicyclic) bond motifs is 2. The third kappa shape index (κ3) is 5.97. The van der Waals surface area contributed by atoms with Crippen molar-refractivity contribution < 1.29 is 0 Å². The van der Waals surface area contributed by atoms with Crippen LogP contribution in [0.1, 0.15) is 49.3 Å². The molecule has 0 saturated carbocycles. The zero-order valence-corrected chi connectivity index (χ0v) is 27.2. The Hall–Kier alpha value is -5.08. The topological polar surface area (TPSA) is 6.48 Å². The van der Waals surface area contributed by atoms with Crippen LogP contribution in [0.15, 0.2) is 157 Å². The summed E-state index contributed by atoms with van der Waals surface area (Å²) >= 11 is 0. The summed E-state index contributed by atoms with van der Waals surface area (Å²) in [4.78, 5) is 5.14. The van der Waals surface area contributed by atoms with Crippen LogP contribution >= 0.6 is 0 Å². The van der Waals surface area contributed by atoms with Crippen molar-refractivity contribution in [3.63, 3.8) is 0 Å². The van der Waals surface area contributed by atoms with E-state index >= 15 is 0 Å². The van der Waals surface area contributed by atoms with E-state index < -0.39 is 0 Å². The number of rotatable bonds is 7. The smallest absolute Gasteiger partial charge is 0.0560 e. The first-order valence-corrected chi connectivity index (χ1v) is 17.3. The molecule has 2 heteroatoms. The fraction of sp³-hybridized carbons (Fsp3) is 0.200. The van der Waals surface area contributed by atoms with Gasteiger partial charge in [-0.25, -0.2) is 0 Å². The molecular weight excluding hydrogens is 569 g/mol. The molecule has 0 N–H and O–H groups in total. The molecule has 0 saturated heterocycles. The number of hydrogen-bond acceptors (Lipinski definition) is 2. The van der Waals surface area contributed by atoms with Crippen molar-refractivity contribution in [1.29, 1.82) is 0 Å². The third-order valence-corrected chi connectivity index (χ3v) is 10.3. The average molecular weight is 611 g/mol. The molecule has 0 radical (unpaired) electrons. The van der Waals surface area contributed by atoms with Gasteiger partial charge in [0, 0.05) is 28.8 Å². The van der Waals surface area contributed by atoms with Gasteiger partial charge >= 0.3 is 0 Å². The zero-order chi connectivity index (χ0) is 31.6. The molecule has 3 unspecified atom stereocenters. The standard InChI is InChI=1S/C45H42N2/c1-33-11-5-10-18-45(33)47(44-30-24-35-13-7-9-15-39(35)32-44)42-27-21-37(22-28-42)36-19-25-41(26-20-36)46(40-16-3-2-4-17-40)43-29-23-34-12-6-8-14-38(34)31-43/h2-10,12-17,19-23,25,27-29,31-33,41,45H,11,18,24,26,30H2,1H3. The number of anilines is 3. The predicted octanol–water partition coefficient (Wildman–Crippen LogP) is 11.5. The van der Waals surface area contributed by atoms with E-state index in [0.717, 1.165) is 32.1 Å². The van der Waals surface area contributed by atoms with Crippen LogP contribution in [-0.2, 0) is 6.42 Å². The number of hydrogen-bond donors (Lipinski definition) is 0. The lowest BCUT2D eigenvalue weighted by Gasteiger charge is -2.41. The van der Waals surface area contributed by atoms with Crippen LogP contribution < -0.4 is 9.80 Å². The van der Waals surface area contributed by atoms with Crippen molar-refractivity contribution in [2.75, 3.05) is 9.80 Å². The van der Waals surface area contributed by atoms with E-state index in [1.165, 1.54) is 55.8 Å². The zero-order valence-electron chi connectivity index (χ0n) is 27.2. The third-order valence-electron chi connectivity index (χ3n) is 10.3. The van der Waals surface area contributed by atoms with Gasteiger partial charge in [-0.05, 0) is 114 Å². The fourth-order valence-electron chi connectivity index (χ4n) is 7.75. The van der Waals surface area contributed by atoms with Crippen LogP contribution in [-0.4, -0.2) is 12.1 Å². The Kier molecular flexibility index (Phi) is 8.09. The predicted molar refractivity (Wildman–Crippen MR) is 201 cm³/mol. The maximum Gasteiger partial charge on any atom is 0.0560 e. The number of para-hydroxylation sites is 1. The van der Waals surface area contributed by atoms with Gasteiger partial charge in [0.2, 0.25) is 0 Å². The Labute approximate surface area is 279 Å². The van der Waals surface area contributed by atoms with E-state index in [1.54, 1.807) is 0 Å². The monoisotopic (exact) mass is 610 g/mol. The largest absolute Gasteiger partial charge is 0.341 e. The molecule has 5 aromatic carbocycles. The van der Waals surface area contributed by atoms with Gasteiger partial charge in [-0.1, -0.05) is 122 Å². The van der Waals surface area contributed by atoms with E-state index in [4.69, 9.17) is 0 Å². The molecule has 0 aliphatic heterocycles. The van der Waals surface area contributed by atoms with Crippen molar-refractivity contribution in [2.24, 2.45) is 5.92 Å². The van der Waals surface area contributed by atoms with Gasteiger partial charge in [-0.2, -0.15) is 0 Å². The summed E-state index contributed by atoms with van der Waals surface area (Å²) in [6, 6.07) is 45.2. The SMILES string of the molecule is CC1CC=CCC1N(C1=Cc2ccccc2CC1)c1ccc(C2=CCC(N(c3ccccc3)c3ccc4ccccc4c3)C=C2)cc1. The summed E-state index contributed by atoms with van der Waals surface area (Å²) in [5, 5.41) is 2.54. The Balaban J connectivity index is 1.07. The number of aryl methyl sites for hydroxylation is 1. The van der Waals surface area contributed by atoms with Gasteiger partial charge in [0.15, 0.2) is 0 Å². The maximum absolute atomic E-state index is 2.66. The molecular formula is C45H42N2. The van der Waals surface area contributed by atoms with Crippen molar-refractivity contribution in [1.82, 2.24) is 0 Å². The van der Waals surface area contributed by atoms with Gasteiger partial charge < -0.3 is 9.80 Å². The Morgan fingerprint density at radius 1 is 0.596 bits per heavy atom. The molecule has 0 bridgehead atoms. The second-order valence-electron chi connectivity index (χ2n) is 13.3. The molecule has 0 fully saturated rings. The average Bonchev–Trinajstić information content (AvgIpc) is 3.14. The molecule has 5 aromatic rings. The summed E-state index contributed by atoms with van der Waals surface area (Å²) in [5.41, 5.74) is 10.6. The molecule has 8 rings (SSSR count). The van der Waals surface area contributed by atoms with Crippen LogP contribution in [0.5, 0.6) is 0 Å². The second kappa shape index (κ2) is 13.0. The summed E-state index contributed by atoms with van der Waals surface area (Å²) in [5.74, 6) is 0.605. The Morgan fingerprint density at radius 3 is 2.13 bits per heavy atom. The summed E-state index contributed by atoms with van der Waals surface area (Å²) in [6.45, 7) is 2.41. The lowest BCUT2D eigenvalue weighted by Crippen LogP contribution is -2.40. The van der Waals surface area contributed by atoms with Crippen LogP contribution in [0, 0.1) is 5.92 Å². The molecule has 0 spiro atoms. The van der Waals surface area contributed by atoms with E-state index in [2.05, 4.69) is 175 Å². The Bertz CT molecular complexity index is 2000. The van der Waals surface area contributed by atoms with Crippen LogP contribution in [0.2, 0.25) is 0 Å². The first-order valence-electron chi connectivity index (χ1n) is 17.3. The van der Waals surface area contributed by atoms with Gasteiger partial charge in [0.05, 0.1) is 6.04 Å². The van der Waals surface area contributed by atoms with Crippen LogP contribution in [0.3, 0.4) is 0 Å². The van der Waals surface area contributed by atoms with E-state index in [0.29, 0.717) is 12.0 Å². The molecule has 2 nitrogen and oxygen atoms in total. The van der Waals surface area contributed by atoms with Crippen molar-refractivity contribution in [2.45, 2.75) is 51.1 Å². The lowest BCUT2D eigenvalue weighted by molar-refractivity contribution is 0.428. The van der Waals surface area contributed by atoms with Gasteiger partial charge in [-0.15, -0.1) is 0 Å². The molecule has 47 heavy (non-hydrogen) atoms. The molecule has 3 aliphatic carbocycles. The Morgan fingerprint density at radius 2 is 1.32 bits per heavy atom. The van der Waals surface area contributed by atoms with Crippen molar-refractivity contribution in [3.8, 4) is 0 Å². The molecule has 0 heterocycles. The highest BCUT2D eigenvalue weighted by atomic mass is 15.2. The highest BCUT2D eigenvalue weighted by Crippen LogP contribution is 2.38. The first kappa shape index (κ1) is 29.3. The number of nitrogens with zero attached hydrogens (tertiary/aromatic N) is 2. The normalized spacial score (nSPS) is 20.3. The van der Waals surface area contributed by atoms with Crippen molar-refractivity contribution >= 4 is 39.5 Å². The second-order valence-corrected chi connectivity index (χ2v) is 13.3. The van der Waals surface area contributed by atoms with E-state index in [-0.39, 0.29) is 6.04 Å². The minimum absolute atomic E-state index is 0.235. The van der Waals surface area contributed by atoms with E-state index in [9.17, 15) is 0 Å². The molecule has 232 valence electrons. The minimum atomic E-state index is 0.235. The molecule has 0 amide bonds. The molecule has 3 atom stereocenters. The van der Waals surface area contributed by atoms with Crippen LogP contribution in [0.4, 0.5) is 17.1 Å². The molecule has 0 aromatic heterocycles. The number of benzene rings is 5. The highest BCUT2D eigenvalue weighted by molar-refractivity contribution is 5.87. The summed E-state index contributed by atoms with van der Waals surface area (Å²) < 4.78 is 0. The van der Waals surface area contributed by atoms with Crippen LogP contribution in [0.25, 0.3) is 22.4 Å². The maximum atomic E-state index is 2.66. The summed E-state index contributed by atoms with van der Waals surface area (Å²) in [6.07, 6.45) is 19.7.